The zero-order chi connectivity index (χ0) is 14.9. The Balaban J connectivity index is 1.95. The van der Waals surface area contributed by atoms with Gasteiger partial charge in [0, 0.05) is 12.8 Å². The maximum atomic E-state index is 11.1. The first-order chi connectivity index (χ1) is 10.1. The fourth-order valence-electron chi connectivity index (χ4n) is 2.85. The Bertz CT molecular complexity index is 597. The molecule has 1 aromatic carbocycles. The van der Waals surface area contributed by atoms with E-state index in [-0.39, 0.29) is 6.10 Å². The molecule has 1 aromatic heterocycles. The lowest BCUT2D eigenvalue weighted by atomic mass is 9.84. The first-order valence-corrected chi connectivity index (χ1v) is 7.41. The molecule has 2 heterocycles. The summed E-state index contributed by atoms with van der Waals surface area (Å²) in [6.45, 7) is 4.78. The van der Waals surface area contributed by atoms with Crippen LogP contribution in [0, 0.1) is 5.92 Å². The molecular weight excluding hydrogens is 266 g/mol. The molecule has 5 nitrogen and oxygen atoms in total. The number of benzene rings is 1. The first kappa shape index (κ1) is 14.2. The molecule has 0 aliphatic carbocycles. The molecule has 1 aliphatic rings. The molecule has 2 aromatic rings. The molecule has 2 unspecified atom stereocenters. The van der Waals surface area contributed by atoms with Crippen molar-refractivity contribution >= 4 is 0 Å². The van der Waals surface area contributed by atoms with Crippen LogP contribution in [-0.4, -0.2) is 32.8 Å². The van der Waals surface area contributed by atoms with Crippen LogP contribution in [0.2, 0.25) is 0 Å². The lowest BCUT2D eigenvalue weighted by Crippen LogP contribution is -2.42. The van der Waals surface area contributed by atoms with Gasteiger partial charge < -0.3 is 9.84 Å². The highest BCUT2D eigenvalue weighted by Gasteiger charge is 2.40. The molecule has 0 saturated carbocycles. The maximum absolute atomic E-state index is 11.1. The van der Waals surface area contributed by atoms with Crippen LogP contribution in [0.15, 0.2) is 36.5 Å². The van der Waals surface area contributed by atoms with Crippen molar-refractivity contribution in [3.8, 4) is 5.69 Å². The molecule has 0 radical (unpaired) electrons. The molecule has 2 atom stereocenters. The Morgan fingerprint density at radius 3 is 2.81 bits per heavy atom. The van der Waals surface area contributed by atoms with Crippen molar-refractivity contribution < 1.29 is 9.84 Å². The smallest absolute Gasteiger partial charge is 0.113 e. The van der Waals surface area contributed by atoms with Crippen LogP contribution in [0.25, 0.3) is 5.69 Å². The molecule has 1 fully saturated rings. The van der Waals surface area contributed by atoms with Gasteiger partial charge in [0.1, 0.15) is 5.60 Å². The Morgan fingerprint density at radius 1 is 1.33 bits per heavy atom. The van der Waals surface area contributed by atoms with Crippen molar-refractivity contribution in [2.45, 2.75) is 38.4 Å². The fourth-order valence-corrected chi connectivity index (χ4v) is 2.85. The number of nitrogens with zero attached hydrogens (tertiary/aromatic N) is 3. The molecule has 0 bridgehead atoms. The van der Waals surface area contributed by atoms with Crippen LogP contribution in [0.5, 0.6) is 0 Å². The van der Waals surface area contributed by atoms with Gasteiger partial charge in [0.15, 0.2) is 0 Å². The number of aromatic nitrogens is 3. The number of hydrogen-bond acceptors (Lipinski definition) is 4. The minimum atomic E-state index is -0.938. The number of ether oxygens (including phenoxy) is 1. The summed E-state index contributed by atoms with van der Waals surface area (Å²) in [6, 6.07) is 9.77. The molecule has 112 valence electrons. The third-order valence-electron chi connectivity index (χ3n) is 4.16. The summed E-state index contributed by atoms with van der Waals surface area (Å²) in [7, 11) is 0. The number of para-hydroxylation sites is 1. The van der Waals surface area contributed by atoms with Gasteiger partial charge >= 0.3 is 0 Å². The van der Waals surface area contributed by atoms with Crippen molar-refractivity contribution in [3.63, 3.8) is 0 Å². The second kappa shape index (κ2) is 5.58. The van der Waals surface area contributed by atoms with E-state index >= 15 is 0 Å². The third-order valence-corrected chi connectivity index (χ3v) is 4.16. The summed E-state index contributed by atoms with van der Waals surface area (Å²) < 4.78 is 7.49. The second-order valence-corrected chi connectivity index (χ2v) is 6.01. The van der Waals surface area contributed by atoms with E-state index in [0.29, 0.717) is 25.4 Å². The minimum Gasteiger partial charge on any atom is -0.383 e. The average molecular weight is 287 g/mol. The molecule has 0 amide bonds. The van der Waals surface area contributed by atoms with Crippen molar-refractivity contribution in [2.75, 3.05) is 6.61 Å². The second-order valence-electron chi connectivity index (χ2n) is 6.01. The van der Waals surface area contributed by atoms with Crippen molar-refractivity contribution in [1.29, 1.82) is 0 Å². The van der Waals surface area contributed by atoms with Crippen LogP contribution in [-0.2, 0) is 10.3 Å². The van der Waals surface area contributed by atoms with Gasteiger partial charge in [-0.3, -0.25) is 0 Å². The molecule has 5 heteroatoms. The first-order valence-electron chi connectivity index (χ1n) is 7.41. The Morgan fingerprint density at radius 2 is 2.10 bits per heavy atom. The molecule has 3 rings (SSSR count). The van der Waals surface area contributed by atoms with E-state index in [1.807, 2.05) is 30.3 Å². The van der Waals surface area contributed by atoms with Crippen LogP contribution in [0.4, 0.5) is 0 Å². The number of aliphatic hydroxyl groups is 1. The molecule has 21 heavy (non-hydrogen) atoms. The predicted molar refractivity (Wildman–Crippen MR) is 79.1 cm³/mol. The van der Waals surface area contributed by atoms with Gasteiger partial charge in [0.25, 0.3) is 0 Å². The highest BCUT2D eigenvalue weighted by molar-refractivity contribution is 5.33. The zero-order valence-corrected chi connectivity index (χ0v) is 12.4. The predicted octanol–water partition coefficient (Wildman–Crippen LogP) is 2.29. The molecule has 1 aliphatic heterocycles. The summed E-state index contributed by atoms with van der Waals surface area (Å²) >= 11 is 0. The van der Waals surface area contributed by atoms with Gasteiger partial charge in [0.2, 0.25) is 0 Å². The molecular formula is C16H21N3O2. The summed E-state index contributed by atoms with van der Waals surface area (Å²) in [6.07, 6.45) is 2.86. The summed E-state index contributed by atoms with van der Waals surface area (Å²) in [5, 5.41) is 19.3. The summed E-state index contributed by atoms with van der Waals surface area (Å²) in [4.78, 5) is 0. The van der Waals surface area contributed by atoms with Gasteiger partial charge in [-0.15, -0.1) is 5.10 Å². The number of rotatable bonds is 3. The van der Waals surface area contributed by atoms with Crippen molar-refractivity contribution in [1.82, 2.24) is 15.0 Å². The van der Waals surface area contributed by atoms with Crippen LogP contribution in [0.3, 0.4) is 0 Å². The van der Waals surface area contributed by atoms with E-state index < -0.39 is 5.60 Å². The van der Waals surface area contributed by atoms with E-state index in [1.54, 1.807) is 10.9 Å². The van der Waals surface area contributed by atoms with Gasteiger partial charge in [-0.25, -0.2) is 4.68 Å². The van der Waals surface area contributed by atoms with E-state index in [4.69, 9.17) is 4.74 Å². The Hall–Kier alpha value is -1.72. The van der Waals surface area contributed by atoms with E-state index in [0.717, 1.165) is 11.4 Å². The highest BCUT2D eigenvalue weighted by Crippen LogP contribution is 2.37. The SMILES string of the molecule is CC(C)C1CC(O)(c2cnnn2-c2ccccc2)CCO1. The fraction of sp³-hybridized carbons (Fsp3) is 0.500. The summed E-state index contributed by atoms with van der Waals surface area (Å²) in [5.74, 6) is 0.373. The minimum absolute atomic E-state index is 0.0582. The average Bonchev–Trinajstić information content (AvgIpc) is 2.98. The van der Waals surface area contributed by atoms with Gasteiger partial charge in [-0.1, -0.05) is 37.3 Å². The Labute approximate surface area is 124 Å². The van der Waals surface area contributed by atoms with E-state index in [1.165, 1.54) is 0 Å². The van der Waals surface area contributed by atoms with Crippen LogP contribution in [0.1, 0.15) is 32.4 Å². The van der Waals surface area contributed by atoms with Crippen LogP contribution < -0.4 is 0 Å². The highest BCUT2D eigenvalue weighted by atomic mass is 16.5. The molecule has 1 saturated heterocycles. The van der Waals surface area contributed by atoms with Gasteiger partial charge in [0.05, 0.1) is 30.3 Å². The van der Waals surface area contributed by atoms with Gasteiger partial charge in [-0.2, -0.15) is 0 Å². The number of hydrogen-bond donors (Lipinski definition) is 1. The quantitative estimate of drug-likeness (QED) is 0.941. The lowest BCUT2D eigenvalue weighted by molar-refractivity contribution is -0.124. The normalized spacial score (nSPS) is 26.2. The third kappa shape index (κ3) is 2.71. The zero-order valence-electron chi connectivity index (χ0n) is 12.4. The topological polar surface area (TPSA) is 60.2 Å². The Kier molecular flexibility index (Phi) is 3.78. The van der Waals surface area contributed by atoms with Gasteiger partial charge in [-0.05, 0) is 18.1 Å². The maximum Gasteiger partial charge on any atom is 0.113 e. The summed E-state index contributed by atoms with van der Waals surface area (Å²) in [5.41, 5.74) is 0.709. The van der Waals surface area contributed by atoms with E-state index in [9.17, 15) is 5.11 Å². The van der Waals surface area contributed by atoms with Crippen LogP contribution >= 0.6 is 0 Å². The van der Waals surface area contributed by atoms with E-state index in [2.05, 4.69) is 24.2 Å². The largest absolute Gasteiger partial charge is 0.383 e. The van der Waals surface area contributed by atoms with Crippen molar-refractivity contribution in [2.24, 2.45) is 5.92 Å². The molecule has 1 N–H and O–H groups in total. The standard InChI is InChI=1S/C16H21N3O2/c1-12(2)14-10-16(20,8-9-21-14)15-11-17-18-19(15)13-6-4-3-5-7-13/h3-7,11-12,14,20H,8-10H2,1-2H3. The monoisotopic (exact) mass is 287 g/mol. The van der Waals surface area contributed by atoms with Crippen molar-refractivity contribution in [3.05, 3.63) is 42.2 Å². The lowest BCUT2D eigenvalue weighted by Gasteiger charge is -2.38. The molecule has 0 spiro atoms.